The molecular formula is C23H29Cl2FN4O4S. The first-order valence-corrected chi connectivity index (χ1v) is 13.0. The van der Waals surface area contributed by atoms with Crippen molar-refractivity contribution in [2.45, 2.75) is 32.9 Å². The molecule has 0 bridgehead atoms. The summed E-state index contributed by atoms with van der Waals surface area (Å²) in [6, 6.07) is 8.56. The first-order valence-electron chi connectivity index (χ1n) is 10.8. The lowest BCUT2D eigenvalue weighted by atomic mass is 10.1. The first kappa shape index (κ1) is 28.8. The number of carbonyl (C=O) groups excluding carboxylic acids is 2. The Morgan fingerprint density at radius 2 is 1.71 bits per heavy atom. The monoisotopic (exact) mass is 546 g/mol. The van der Waals surface area contributed by atoms with Gasteiger partial charge < -0.3 is 10.2 Å². The predicted octanol–water partition coefficient (Wildman–Crippen LogP) is 3.69. The number of hydrogen-bond donors (Lipinski definition) is 1. The lowest BCUT2D eigenvalue weighted by Gasteiger charge is -2.33. The van der Waals surface area contributed by atoms with E-state index in [2.05, 4.69) is 5.32 Å². The van der Waals surface area contributed by atoms with Crippen LogP contribution in [0.3, 0.4) is 0 Å². The van der Waals surface area contributed by atoms with Gasteiger partial charge >= 0.3 is 10.2 Å². The second-order valence-corrected chi connectivity index (χ2v) is 10.9. The topological polar surface area (TPSA) is 90.0 Å². The third kappa shape index (κ3) is 7.54. The molecule has 0 aliphatic rings. The molecule has 0 aromatic heterocycles. The van der Waals surface area contributed by atoms with E-state index in [-0.39, 0.29) is 12.2 Å². The van der Waals surface area contributed by atoms with Crippen LogP contribution in [0.2, 0.25) is 10.0 Å². The van der Waals surface area contributed by atoms with E-state index in [1.54, 1.807) is 19.1 Å². The zero-order valence-electron chi connectivity index (χ0n) is 20.0. The summed E-state index contributed by atoms with van der Waals surface area (Å²) >= 11 is 12.3. The van der Waals surface area contributed by atoms with Crippen molar-refractivity contribution in [1.29, 1.82) is 0 Å². The minimum Gasteiger partial charge on any atom is -0.354 e. The molecular weight excluding hydrogens is 518 g/mol. The van der Waals surface area contributed by atoms with Gasteiger partial charge in [-0.1, -0.05) is 36.2 Å². The molecule has 0 saturated carbocycles. The molecule has 0 heterocycles. The fraction of sp³-hybridized carbons (Fsp3) is 0.391. The third-order valence-electron chi connectivity index (χ3n) is 5.21. The number of rotatable bonds is 11. The van der Waals surface area contributed by atoms with Gasteiger partial charge in [0, 0.05) is 37.2 Å². The van der Waals surface area contributed by atoms with Crippen LogP contribution in [-0.2, 0) is 26.3 Å². The molecule has 2 rings (SSSR count). The van der Waals surface area contributed by atoms with Gasteiger partial charge in [0.2, 0.25) is 11.8 Å². The average Bonchev–Trinajstić information content (AvgIpc) is 2.80. The highest BCUT2D eigenvalue weighted by atomic mass is 35.5. The van der Waals surface area contributed by atoms with Crippen molar-refractivity contribution in [3.63, 3.8) is 0 Å². The van der Waals surface area contributed by atoms with E-state index in [1.165, 1.54) is 37.2 Å². The van der Waals surface area contributed by atoms with Gasteiger partial charge in [-0.3, -0.25) is 9.59 Å². The van der Waals surface area contributed by atoms with Crippen LogP contribution in [0.4, 0.5) is 10.1 Å². The normalized spacial score (nSPS) is 12.3. The number of amides is 2. The van der Waals surface area contributed by atoms with Gasteiger partial charge in [0.15, 0.2) is 0 Å². The zero-order chi connectivity index (χ0) is 26.3. The molecule has 1 N–H and O–H groups in total. The Morgan fingerprint density at radius 1 is 1.09 bits per heavy atom. The Morgan fingerprint density at radius 3 is 2.26 bits per heavy atom. The molecule has 0 aliphatic heterocycles. The van der Waals surface area contributed by atoms with Crippen LogP contribution in [0.5, 0.6) is 0 Å². The molecule has 0 saturated heterocycles. The van der Waals surface area contributed by atoms with Gasteiger partial charge in [-0.15, -0.1) is 0 Å². The molecule has 0 spiro atoms. The van der Waals surface area contributed by atoms with E-state index in [9.17, 15) is 22.4 Å². The summed E-state index contributed by atoms with van der Waals surface area (Å²) in [5, 5.41) is 3.45. The Kier molecular flexibility index (Phi) is 10.3. The summed E-state index contributed by atoms with van der Waals surface area (Å²) in [5.74, 6) is -1.60. The molecule has 0 aliphatic carbocycles. The van der Waals surface area contributed by atoms with Gasteiger partial charge in [0.25, 0.3) is 0 Å². The molecule has 0 radical (unpaired) electrons. The van der Waals surface area contributed by atoms with Gasteiger partial charge in [-0.05, 0) is 55.3 Å². The zero-order valence-corrected chi connectivity index (χ0v) is 22.3. The minimum absolute atomic E-state index is 0.0607. The van der Waals surface area contributed by atoms with E-state index >= 15 is 0 Å². The van der Waals surface area contributed by atoms with Crippen LogP contribution in [0.1, 0.15) is 25.8 Å². The molecule has 8 nitrogen and oxygen atoms in total. The second-order valence-electron chi connectivity index (χ2n) is 8.00. The maximum absolute atomic E-state index is 13.5. The molecule has 1 atom stereocenters. The average molecular weight is 547 g/mol. The van der Waals surface area contributed by atoms with Gasteiger partial charge in [0.05, 0.1) is 5.69 Å². The Hall–Kier alpha value is -2.40. The van der Waals surface area contributed by atoms with Crippen molar-refractivity contribution < 1.29 is 22.4 Å². The number of halogens is 3. The van der Waals surface area contributed by atoms with Crippen molar-refractivity contribution in [3.05, 3.63) is 63.9 Å². The van der Waals surface area contributed by atoms with Crippen molar-refractivity contribution in [2.75, 3.05) is 31.5 Å². The Labute approximate surface area is 215 Å². The first-order chi connectivity index (χ1) is 16.4. The van der Waals surface area contributed by atoms with Crippen molar-refractivity contribution in [1.82, 2.24) is 14.5 Å². The minimum atomic E-state index is -4.13. The summed E-state index contributed by atoms with van der Waals surface area (Å²) in [5.41, 5.74) is 0.629. The van der Waals surface area contributed by atoms with Crippen molar-refractivity contribution >= 4 is 50.9 Å². The molecule has 35 heavy (non-hydrogen) atoms. The van der Waals surface area contributed by atoms with Crippen molar-refractivity contribution in [2.24, 2.45) is 0 Å². The number of hydrogen-bond acceptors (Lipinski definition) is 4. The van der Waals surface area contributed by atoms with E-state index < -0.39 is 40.4 Å². The lowest BCUT2D eigenvalue weighted by Crippen LogP contribution is -2.52. The van der Waals surface area contributed by atoms with E-state index in [0.717, 1.165) is 20.7 Å². The molecule has 12 heteroatoms. The van der Waals surface area contributed by atoms with Crippen LogP contribution in [0.15, 0.2) is 42.5 Å². The fourth-order valence-electron chi connectivity index (χ4n) is 3.14. The SMILES string of the molecule is CCCNC(=O)[C@H](C)N(Cc1ccc(Cl)cc1Cl)C(=O)CN(c1ccc(F)cc1)S(=O)(=O)N(C)C. The number of benzene rings is 2. The summed E-state index contributed by atoms with van der Waals surface area (Å²) in [6.07, 6.45) is 0.703. The highest BCUT2D eigenvalue weighted by molar-refractivity contribution is 7.90. The molecule has 192 valence electrons. The van der Waals surface area contributed by atoms with Gasteiger partial charge in [0.1, 0.15) is 18.4 Å². The van der Waals surface area contributed by atoms with Crippen LogP contribution in [0.25, 0.3) is 0 Å². The molecule has 2 aromatic rings. The Balaban J connectivity index is 2.46. The van der Waals surface area contributed by atoms with Crippen LogP contribution in [-0.4, -0.2) is 62.7 Å². The number of carbonyl (C=O) groups is 2. The van der Waals surface area contributed by atoms with E-state index in [4.69, 9.17) is 23.2 Å². The predicted molar refractivity (Wildman–Crippen MR) is 136 cm³/mol. The highest BCUT2D eigenvalue weighted by Crippen LogP contribution is 2.25. The highest BCUT2D eigenvalue weighted by Gasteiger charge is 2.32. The van der Waals surface area contributed by atoms with Gasteiger partial charge in [-0.25, -0.2) is 8.70 Å². The fourth-order valence-corrected chi connectivity index (χ4v) is 4.66. The largest absolute Gasteiger partial charge is 0.354 e. The number of nitrogens with zero attached hydrogens (tertiary/aromatic N) is 3. The van der Waals surface area contributed by atoms with Crippen molar-refractivity contribution in [3.8, 4) is 0 Å². The summed E-state index contributed by atoms with van der Waals surface area (Å²) in [4.78, 5) is 27.5. The second kappa shape index (κ2) is 12.5. The van der Waals surface area contributed by atoms with E-state index in [1.807, 2.05) is 6.92 Å². The maximum Gasteiger partial charge on any atom is 0.304 e. The molecule has 2 aromatic carbocycles. The van der Waals surface area contributed by atoms with Crippen LogP contribution < -0.4 is 9.62 Å². The quantitative estimate of drug-likeness (QED) is 0.465. The standard InChI is InChI=1S/C23H29Cl2FN4O4S/c1-5-12-27-23(32)16(2)29(14-17-6-7-18(24)13-21(17)25)22(31)15-30(35(33,34)28(3)4)20-10-8-19(26)9-11-20/h6-11,13,16H,5,12,14-15H2,1-4H3,(H,27,32)/t16-/m0/s1. The van der Waals surface area contributed by atoms with Crippen LogP contribution >= 0.6 is 23.2 Å². The Bertz CT molecular complexity index is 1150. The lowest BCUT2D eigenvalue weighted by molar-refractivity contribution is -0.139. The molecule has 2 amide bonds. The maximum atomic E-state index is 13.5. The van der Waals surface area contributed by atoms with Gasteiger partial charge in [-0.2, -0.15) is 12.7 Å². The third-order valence-corrected chi connectivity index (χ3v) is 7.61. The number of anilines is 1. The molecule has 0 fully saturated rings. The summed E-state index contributed by atoms with van der Waals surface area (Å²) in [6.45, 7) is 3.19. The molecule has 0 unspecified atom stereocenters. The number of nitrogens with one attached hydrogen (secondary N) is 1. The smallest absolute Gasteiger partial charge is 0.304 e. The summed E-state index contributed by atoms with van der Waals surface area (Å²) in [7, 11) is -1.48. The summed E-state index contributed by atoms with van der Waals surface area (Å²) < 4.78 is 41.4. The van der Waals surface area contributed by atoms with Crippen LogP contribution in [0, 0.1) is 5.82 Å². The van der Waals surface area contributed by atoms with E-state index in [0.29, 0.717) is 28.6 Å².